The molecule has 2 heteroatoms. The van der Waals surface area contributed by atoms with Crippen molar-refractivity contribution in [1.82, 2.24) is 5.32 Å². The molecule has 0 aromatic heterocycles. The average Bonchev–Trinajstić information content (AvgIpc) is 2.99. The van der Waals surface area contributed by atoms with Crippen LogP contribution in [0.5, 0.6) is 0 Å². The Morgan fingerprint density at radius 3 is 1.32 bits per heavy atom. The van der Waals surface area contributed by atoms with E-state index in [0.29, 0.717) is 0 Å². The van der Waals surface area contributed by atoms with Crippen LogP contribution in [0.1, 0.15) is 33.9 Å². The predicted molar refractivity (Wildman–Crippen MR) is 153 cm³/mol. The van der Waals surface area contributed by atoms with Crippen molar-refractivity contribution in [3.63, 3.8) is 0 Å². The highest BCUT2D eigenvalue weighted by atomic mass is 16.3. The summed E-state index contributed by atoms with van der Waals surface area (Å²) in [5.74, 6) is 0. The summed E-state index contributed by atoms with van der Waals surface area (Å²) >= 11 is 0. The fourth-order valence-electron chi connectivity index (χ4n) is 4.96. The molecule has 0 aliphatic carbocycles. The lowest BCUT2D eigenvalue weighted by Crippen LogP contribution is -2.49. The topological polar surface area (TPSA) is 32.3 Å². The molecule has 0 amide bonds. The Morgan fingerprint density at radius 2 is 0.892 bits per heavy atom. The monoisotopic (exact) mass is 481 g/mol. The summed E-state index contributed by atoms with van der Waals surface area (Å²) in [4.78, 5) is 0. The fraction of sp³-hybridized carbons (Fsp3) is 0.0857. The Balaban J connectivity index is 1.68. The summed E-state index contributed by atoms with van der Waals surface area (Å²) in [7, 11) is 0. The molecule has 5 aromatic carbocycles. The van der Waals surface area contributed by atoms with Gasteiger partial charge in [0.15, 0.2) is 0 Å². The van der Waals surface area contributed by atoms with Gasteiger partial charge in [-0.3, -0.25) is 5.32 Å². The first-order chi connectivity index (χ1) is 18.3. The zero-order valence-electron chi connectivity index (χ0n) is 20.7. The number of hydrogen-bond donors (Lipinski definition) is 2. The van der Waals surface area contributed by atoms with Crippen LogP contribution in [0.15, 0.2) is 158 Å². The van der Waals surface area contributed by atoms with Gasteiger partial charge in [-0.15, -0.1) is 0 Å². The van der Waals surface area contributed by atoms with Gasteiger partial charge >= 0.3 is 0 Å². The summed E-state index contributed by atoms with van der Waals surface area (Å²) in [5, 5.41) is 15.6. The predicted octanol–water partition coefficient (Wildman–Crippen LogP) is 7.38. The summed E-state index contributed by atoms with van der Waals surface area (Å²) < 4.78 is 0. The van der Waals surface area contributed by atoms with Gasteiger partial charge in [-0.2, -0.15) is 0 Å². The quantitative estimate of drug-likeness (QED) is 0.215. The van der Waals surface area contributed by atoms with Crippen molar-refractivity contribution in [3.8, 4) is 0 Å². The molecule has 0 bridgehead atoms. The number of hydrogen-bond acceptors (Lipinski definition) is 2. The van der Waals surface area contributed by atoms with Gasteiger partial charge in [-0.1, -0.05) is 164 Å². The first-order valence-electron chi connectivity index (χ1n) is 12.7. The Bertz CT molecular complexity index is 1290. The average molecular weight is 482 g/mol. The van der Waals surface area contributed by atoms with Crippen molar-refractivity contribution < 1.29 is 5.11 Å². The number of aliphatic hydroxyl groups is 1. The second-order valence-corrected chi connectivity index (χ2v) is 9.14. The van der Waals surface area contributed by atoms with E-state index >= 15 is 0 Å². The number of aliphatic hydroxyl groups excluding tert-OH is 1. The molecule has 0 aliphatic heterocycles. The van der Waals surface area contributed by atoms with Gasteiger partial charge in [0.25, 0.3) is 0 Å². The van der Waals surface area contributed by atoms with Gasteiger partial charge in [-0.05, 0) is 27.8 Å². The Labute approximate surface area is 219 Å². The van der Waals surface area contributed by atoms with Crippen molar-refractivity contribution in [2.75, 3.05) is 0 Å². The lowest BCUT2D eigenvalue weighted by atomic mass is 9.75. The third-order valence-corrected chi connectivity index (χ3v) is 6.78. The van der Waals surface area contributed by atoms with Gasteiger partial charge in [0.05, 0.1) is 17.7 Å². The van der Waals surface area contributed by atoms with Crippen LogP contribution in [-0.4, -0.2) is 11.2 Å². The zero-order valence-corrected chi connectivity index (χ0v) is 20.7. The molecule has 2 atom stereocenters. The normalized spacial score (nSPS) is 13.3. The molecule has 2 N–H and O–H groups in total. The van der Waals surface area contributed by atoms with Crippen LogP contribution < -0.4 is 5.32 Å². The third-order valence-electron chi connectivity index (χ3n) is 6.78. The smallest absolute Gasteiger partial charge is 0.0953 e. The van der Waals surface area contributed by atoms with E-state index in [2.05, 4.69) is 90.2 Å². The molecule has 0 spiro atoms. The van der Waals surface area contributed by atoms with Crippen molar-refractivity contribution in [1.29, 1.82) is 0 Å². The van der Waals surface area contributed by atoms with E-state index in [0.717, 1.165) is 27.8 Å². The molecule has 2 nitrogen and oxygen atoms in total. The van der Waals surface area contributed by atoms with E-state index in [1.54, 1.807) is 0 Å². The van der Waals surface area contributed by atoms with Crippen LogP contribution in [0.2, 0.25) is 0 Å². The molecular formula is C35H31NO. The van der Waals surface area contributed by atoms with Crippen LogP contribution in [0, 0.1) is 0 Å². The van der Waals surface area contributed by atoms with Gasteiger partial charge in [0.1, 0.15) is 0 Å². The van der Waals surface area contributed by atoms with Crippen molar-refractivity contribution in [3.05, 3.63) is 186 Å². The largest absolute Gasteiger partial charge is 0.387 e. The molecule has 0 unspecified atom stereocenters. The third kappa shape index (κ3) is 5.46. The molecule has 5 aromatic rings. The number of benzene rings is 5. The van der Waals surface area contributed by atoms with E-state index in [1.165, 1.54) is 0 Å². The van der Waals surface area contributed by atoms with Gasteiger partial charge in [0, 0.05) is 0 Å². The molecule has 5 rings (SSSR count). The minimum atomic E-state index is -0.780. The highest BCUT2D eigenvalue weighted by molar-refractivity contribution is 5.52. The minimum Gasteiger partial charge on any atom is -0.387 e. The van der Waals surface area contributed by atoms with Gasteiger partial charge in [0.2, 0.25) is 0 Å². The van der Waals surface area contributed by atoms with Crippen molar-refractivity contribution in [2.45, 2.75) is 17.7 Å². The molecular weight excluding hydrogens is 450 g/mol. The second kappa shape index (κ2) is 11.7. The molecule has 0 heterocycles. The first kappa shape index (κ1) is 24.5. The van der Waals surface area contributed by atoms with E-state index in [4.69, 9.17) is 0 Å². The fourth-order valence-corrected chi connectivity index (χ4v) is 4.96. The van der Waals surface area contributed by atoms with Crippen molar-refractivity contribution >= 4 is 6.08 Å². The van der Waals surface area contributed by atoms with Crippen LogP contribution in [0.3, 0.4) is 0 Å². The molecule has 0 radical (unpaired) electrons. The second-order valence-electron chi connectivity index (χ2n) is 9.14. The molecule has 0 fully saturated rings. The molecule has 37 heavy (non-hydrogen) atoms. The van der Waals surface area contributed by atoms with Gasteiger partial charge in [-0.25, -0.2) is 0 Å². The molecule has 0 aliphatic rings. The highest BCUT2D eigenvalue weighted by Gasteiger charge is 2.39. The first-order valence-corrected chi connectivity index (χ1v) is 12.7. The van der Waals surface area contributed by atoms with E-state index < -0.39 is 11.6 Å². The van der Waals surface area contributed by atoms with E-state index in [-0.39, 0.29) is 6.04 Å². The Hall–Kier alpha value is -4.24. The van der Waals surface area contributed by atoms with E-state index in [1.807, 2.05) is 78.9 Å². The highest BCUT2D eigenvalue weighted by Crippen LogP contribution is 2.39. The lowest BCUT2D eigenvalue weighted by molar-refractivity contribution is 0.158. The Morgan fingerprint density at radius 1 is 0.514 bits per heavy atom. The summed E-state index contributed by atoms with van der Waals surface area (Å²) in [6.07, 6.45) is 3.08. The summed E-state index contributed by atoms with van der Waals surface area (Å²) in [6.45, 7) is 0. The van der Waals surface area contributed by atoms with Crippen molar-refractivity contribution in [2.24, 2.45) is 0 Å². The SMILES string of the molecule is O[C@H](/C=C/c1ccccc1)[C@H](NC(c1ccccc1)(c1ccccc1)c1ccccc1)c1ccccc1. The van der Waals surface area contributed by atoms with Crippen LogP contribution in [-0.2, 0) is 5.54 Å². The summed E-state index contributed by atoms with van der Waals surface area (Å²) in [6, 6.07) is 51.3. The lowest BCUT2D eigenvalue weighted by Gasteiger charge is -2.41. The van der Waals surface area contributed by atoms with Crippen LogP contribution >= 0.6 is 0 Å². The van der Waals surface area contributed by atoms with Crippen LogP contribution in [0.25, 0.3) is 6.08 Å². The Kier molecular flexibility index (Phi) is 7.71. The van der Waals surface area contributed by atoms with E-state index in [9.17, 15) is 5.11 Å². The maximum atomic E-state index is 11.7. The summed E-state index contributed by atoms with van der Waals surface area (Å²) in [5.41, 5.74) is 4.67. The minimum absolute atomic E-state index is 0.387. The number of nitrogens with one attached hydrogen (secondary N) is 1. The standard InChI is InChI=1S/C35H31NO/c37-33(27-26-28-16-6-1-7-17-28)34(29-18-8-2-9-19-29)36-35(30-20-10-3-11-21-30,31-22-12-4-13-23-31)32-24-14-5-15-25-32/h1-27,33-34,36-37H/b27-26+/t33-,34-/m1/s1. The molecule has 0 saturated heterocycles. The zero-order chi connectivity index (χ0) is 25.3. The molecule has 182 valence electrons. The van der Waals surface area contributed by atoms with Gasteiger partial charge < -0.3 is 5.11 Å². The number of rotatable bonds is 9. The molecule has 0 saturated carbocycles. The van der Waals surface area contributed by atoms with Crippen LogP contribution in [0.4, 0.5) is 0 Å². The maximum absolute atomic E-state index is 11.7. The maximum Gasteiger partial charge on any atom is 0.0953 e.